The molecule has 2 N–H and O–H groups in total. The van der Waals surface area contributed by atoms with Gasteiger partial charge in [-0.1, -0.05) is 6.07 Å². The van der Waals surface area contributed by atoms with Crippen molar-refractivity contribution < 1.29 is 10.2 Å². The third-order valence-corrected chi connectivity index (χ3v) is 3.99. The highest BCUT2D eigenvalue weighted by molar-refractivity contribution is 9.13. The largest absolute Gasteiger partial charge is 0.507 e. The molecule has 72 valence electrons. The fourth-order valence-electron chi connectivity index (χ4n) is 1.04. The van der Waals surface area contributed by atoms with E-state index in [1.807, 2.05) is 6.07 Å². The van der Waals surface area contributed by atoms with Crippen LogP contribution in [0.5, 0.6) is 5.75 Å². The van der Waals surface area contributed by atoms with E-state index in [0.717, 1.165) is 22.9 Å². The number of hydrogen-bond donors (Lipinski definition) is 2. The second-order valence-electron chi connectivity index (χ2n) is 2.70. The Morgan fingerprint density at radius 1 is 1.15 bits per heavy atom. The van der Waals surface area contributed by atoms with Crippen molar-refractivity contribution in [1.29, 1.82) is 0 Å². The summed E-state index contributed by atoms with van der Waals surface area (Å²) in [7, 11) is 0. The molecule has 0 aliphatic rings. The SMILES string of the molecule is OCCCc1ccc(O)c(Br)c1Br. The average molecular weight is 310 g/mol. The number of hydrogen-bond acceptors (Lipinski definition) is 2. The van der Waals surface area contributed by atoms with Crippen LogP contribution in [0.2, 0.25) is 0 Å². The third kappa shape index (κ3) is 2.69. The highest BCUT2D eigenvalue weighted by Gasteiger charge is 2.07. The first-order valence-corrected chi connectivity index (χ1v) is 5.52. The van der Waals surface area contributed by atoms with Gasteiger partial charge in [-0.3, -0.25) is 0 Å². The second-order valence-corrected chi connectivity index (χ2v) is 4.28. The lowest BCUT2D eigenvalue weighted by atomic mass is 10.1. The first-order valence-electron chi connectivity index (χ1n) is 3.93. The Hall–Kier alpha value is -0.0600. The number of phenolic OH excluding ortho intramolecular Hbond substituents is 1. The number of aliphatic hydroxyl groups is 1. The van der Waals surface area contributed by atoms with Gasteiger partial charge in [0.2, 0.25) is 0 Å². The zero-order valence-electron chi connectivity index (χ0n) is 6.93. The van der Waals surface area contributed by atoms with Crippen molar-refractivity contribution in [3.63, 3.8) is 0 Å². The molecule has 0 unspecified atom stereocenters. The summed E-state index contributed by atoms with van der Waals surface area (Å²) >= 11 is 6.64. The van der Waals surface area contributed by atoms with Crippen molar-refractivity contribution in [3.05, 3.63) is 26.6 Å². The molecule has 0 aliphatic carbocycles. The van der Waals surface area contributed by atoms with Crippen molar-refractivity contribution in [1.82, 2.24) is 0 Å². The number of aliphatic hydroxyl groups excluding tert-OH is 1. The molecule has 0 saturated heterocycles. The molecule has 1 aromatic carbocycles. The Kier molecular flexibility index (Phi) is 4.22. The van der Waals surface area contributed by atoms with Gasteiger partial charge in [0, 0.05) is 11.1 Å². The van der Waals surface area contributed by atoms with Crippen LogP contribution in [-0.4, -0.2) is 16.8 Å². The molecule has 0 saturated carbocycles. The highest BCUT2D eigenvalue weighted by Crippen LogP contribution is 2.34. The molecule has 0 radical (unpaired) electrons. The standard InChI is InChI=1S/C9H10Br2O2/c10-8-6(2-1-5-12)3-4-7(13)9(8)11/h3-4,12-13H,1-2,5H2. The van der Waals surface area contributed by atoms with Crippen molar-refractivity contribution in [2.45, 2.75) is 12.8 Å². The van der Waals surface area contributed by atoms with Crippen LogP contribution in [0.1, 0.15) is 12.0 Å². The molecule has 2 nitrogen and oxygen atoms in total. The quantitative estimate of drug-likeness (QED) is 0.901. The summed E-state index contributed by atoms with van der Waals surface area (Å²) in [5.41, 5.74) is 1.08. The summed E-state index contributed by atoms with van der Waals surface area (Å²) in [5.74, 6) is 0.222. The van der Waals surface area contributed by atoms with Crippen molar-refractivity contribution in [2.24, 2.45) is 0 Å². The predicted molar refractivity (Wildman–Crippen MR) is 58.9 cm³/mol. The summed E-state index contributed by atoms with van der Waals surface area (Å²) in [6.45, 7) is 0.185. The van der Waals surface area contributed by atoms with Crippen LogP contribution in [0.15, 0.2) is 21.1 Å². The first kappa shape index (κ1) is 11.0. The zero-order valence-corrected chi connectivity index (χ0v) is 10.1. The number of halogens is 2. The fraction of sp³-hybridized carbons (Fsp3) is 0.333. The molecule has 0 fully saturated rings. The van der Waals surface area contributed by atoms with E-state index in [1.165, 1.54) is 0 Å². The molecule has 1 rings (SSSR count). The van der Waals surface area contributed by atoms with Gasteiger partial charge in [0.25, 0.3) is 0 Å². The van der Waals surface area contributed by atoms with Crippen LogP contribution in [0, 0.1) is 0 Å². The number of rotatable bonds is 3. The molecule has 0 spiro atoms. The van der Waals surface area contributed by atoms with E-state index in [9.17, 15) is 5.11 Å². The zero-order chi connectivity index (χ0) is 9.84. The Morgan fingerprint density at radius 3 is 2.46 bits per heavy atom. The van der Waals surface area contributed by atoms with Crippen LogP contribution < -0.4 is 0 Å². The summed E-state index contributed by atoms with van der Waals surface area (Å²) in [6, 6.07) is 3.49. The van der Waals surface area contributed by atoms with Gasteiger partial charge in [-0.2, -0.15) is 0 Å². The van der Waals surface area contributed by atoms with Gasteiger partial charge >= 0.3 is 0 Å². The minimum atomic E-state index is 0.185. The maximum absolute atomic E-state index is 9.32. The maximum atomic E-state index is 9.32. The first-order chi connectivity index (χ1) is 6.16. The summed E-state index contributed by atoms with van der Waals surface area (Å²) in [6.07, 6.45) is 1.53. The van der Waals surface area contributed by atoms with Crippen LogP contribution in [0.4, 0.5) is 0 Å². The maximum Gasteiger partial charge on any atom is 0.130 e. The van der Waals surface area contributed by atoms with E-state index >= 15 is 0 Å². The molecule has 0 aliphatic heterocycles. The van der Waals surface area contributed by atoms with Gasteiger partial charge in [-0.25, -0.2) is 0 Å². The van der Waals surface area contributed by atoms with Gasteiger partial charge in [-0.15, -0.1) is 0 Å². The number of aryl methyl sites for hydroxylation is 1. The van der Waals surface area contributed by atoms with Gasteiger partial charge in [-0.05, 0) is 56.3 Å². The minimum absolute atomic E-state index is 0.185. The Balaban J connectivity index is 2.90. The minimum Gasteiger partial charge on any atom is -0.507 e. The smallest absolute Gasteiger partial charge is 0.130 e. The molecule has 13 heavy (non-hydrogen) atoms. The lowest BCUT2D eigenvalue weighted by Gasteiger charge is -2.06. The van der Waals surface area contributed by atoms with Crippen LogP contribution in [0.3, 0.4) is 0 Å². The molecular weight excluding hydrogens is 300 g/mol. The highest BCUT2D eigenvalue weighted by atomic mass is 79.9. The Bertz CT molecular complexity index is 300. The summed E-state index contributed by atoms with van der Waals surface area (Å²) in [4.78, 5) is 0. The Labute approximate surface area is 93.8 Å². The average Bonchev–Trinajstić information content (AvgIpc) is 2.13. The molecule has 0 heterocycles. The van der Waals surface area contributed by atoms with E-state index in [1.54, 1.807) is 6.07 Å². The molecule has 4 heteroatoms. The molecular formula is C9H10Br2O2. The van der Waals surface area contributed by atoms with Crippen molar-refractivity contribution >= 4 is 31.9 Å². The van der Waals surface area contributed by atoms with Gasteiger partial charge in [0.15, 0.2) is 0 Å². The van der Waals surface area contributed by atoms with Crippen LogP contribution in [-0.2, 0) is 6.42 Å². The van der Waals surface area contributed by atoms with E-state index in [-0.39, 0.29) is 12.4 Å². The number of aromatic hydroxyl groups is 1. The summed E-state index contributed by atoms with van der Waals surface area (Å²) in [5, 5.41) is 18.0. The second kappa shape index (κ2) is 4.98. The predicted octanol–water partition coefficient (Wildman–Crippen LogP) is 2.84. The number of benzene rings is 1. The normalized spacial score (nSPS) is 10.4. The molecule has 0 amide bonds. The van der Waals surface area contributed by atoms with Gasteiger partial charge in [0.1, 0.15) is 5.75 Å². The van der Waals surface area contributed by atoms with E-state index in [4.69, 9.17) is 5.11 Å². The molecule has 0 aromatic heterocycles. The molecule has 1 aromatic rings. The van der Waals surface area contributed by atoms with Crippen LogP contribution in [0.25, 0.3) is 0 Å². The number of phenols is 1. The molecule has 0 bridgehead atoms. The van der Waals surface area contributed by atoms with Crippen molar-refractivity contribution in [2.75, 3.05) is 6.61 Å². The monoisotopic (exact) mass is 308 g/mol. The molecule has 0 atom stereocenters. The van der Waals surface area contributed by atoms with Gasteiger partial charge < -0.3 is 10.2 Å². The lowest BCUT2D eigenvalue weighted by Crippen LogP contribution is -1.91. The summed E-state index contributed by atoms with van der Waals surface area (Å²) < 4.78 is 1.53. The van der Waals surface area contributed by atoms with Crippen molar-refractivity contribution in [3.8, 4) is 5.75 Å². The Morgan fingerprint density at radius 2 is 1.85 bits per heavy atom. The fourth-order valence-corrected chi connectivity index (χ4v) is 1.96. The van der Waals surface area contributed by atoms with E-state index < -0.39 is 0 Å². The van der Waals surface area contributed by atoms with E-state index in [0.29, 0.717) is 4.47 Å². The lowest BCUT2D eigenvalue weighted by molar-refractivity contribution is 0.288. The van der Waals surface area contributed by atoms with Gasteiger partial charge in [0.05, 0.1) is 4.47 Å². The topological polar surface area (TPSA) is 40.5 Å². The van der Waals surface area contributed by atoms with Crippen LogP contribution >= 0.6 is 31.9 Å². The van der Waals surface area contributed by atoms with E-state index in [2.05, 4.69) is 31.9 Å². The third-order valence-electron chi connectivity index (χ3n) is 1.75.